The molecule has 0 bridgehead atoms. The quantitative estimate of drug-likeness (QED) is 0.156. The number of nitrogens with one attached hydrogen (secondary N) is 1. The fourth-order valence-electron chi connectivity index (χ4n) is 5.96. The molecule has 272 valence electrons. The van der Waals surface area contributed by atoms with E-state index in [1.807, 2.05) is 41.5 Å². The summed E-state index contributed by atoms with van der Waals surface area (Å²) in [7, 11) is 1.39. The number of carbonyl (C=O) groups is 4. The zero-order chi connectivity index (χ0) is 36.4. The molecular formula is C39H57NO9. The van der Waals surface area contributed by atoms with Crippen LogP contribution in [0.2, 0.25) is 0 Å². The molecule has 1 saturated heterocycles. The molecule has 10 nitrogen and oxygen atoms in total. The third kappa shape index (κ3) is 11.8. The summed E-state index contributed by atoms with van der Waals surface area (Å²) in [6, 6.07) is 10.5. The molecule has 49 heavy (non-hydrogen) atoms. The Morgan fingerprint density at radius 3 is 1.90 bits per heavy atom. The molecule has 0 aromatic heterocycles. The zero-order valence-electron chi connectivity index (χ0n) is 31.0. The zero-order valence-corrected chi connectivity index (χ0v) is 31.0. The average molecular weight is 684 g/mol. The molecular weight excluding hydrogens is 626 g/mol. The Bertz CT molecular complexity index is 1380. The van der Waals surface area contributed by atoms with Gasteiger partial charge in [0.2, 0.25) is 5.91 Å². The van der Waals surface area contributed by atoms with Crippen LogP contribution in [0, 0.1) is 24.7 Å². The van der Waals surface area contributed by atoms with Crippen LogP contribution in [0.4, 0.5) is 0 Å². The van der Waals surface area contributed by atoms with Crippen molar-refractivity contribution in [2.75, 3.05) is 13.7 Å². The smallest absolute Gasteiger partial charge is 0.306 e. The predicted molar refractivity (Wildman–Crippen MR) is 187 cm³/mol. The summed E-state index contributed by atoms with van der Waals surface area (Å²) in [5.74, 6) is -1.38. The number of methoxy groups -OCH3 is 1. The van der Waals surface area contributed by atoms with E-state index in [-0.39, 0.29) is 49.5 Å². The van der Waals surface area contributed by atoms with Gasteiger partial charge in [0.15, 0.2) is 24.6 Å². The lowest BCUT2D eigenvalue weighted by Gasteiger charge is -2.44. The van der Waals surface area contributed by atoms with Gasteiger partial charge in [-0.3, -0.25) is 19.2 Å². The first-order valence-electron chi connectivity index (χ1n) is 17.6. The summed E-state index contributed by atoms with van der Waals surface area (Å²) in [6.45, 7) is 17.7. The van der Waals surface area contributed by atoms with Gasteiger partial charge in [0, 0.05) is 39.3 Å². The second-order valence-corrected chi connectivity index (χ2v) is 14.7. The maximum absolute atomic E-state index is 13.6. The van der Waals surface area contributed by atoms with Gasteiger partial charge in [0.25, 0.3) is 0 Å². The van der Waals surface area contributed by atoms with Gasteiger partial charge in [0.05, 0.1) is 0 Å². The third-order valence-electron chi connectivity index (χ3n) is 8.48. The maximum Gasteiger partial charge on any atom is 0.306 e. The molecule has 1 fully saturated rings. The van der Waals surface area contributed by atoms with Gasteiger partial charge in [0.1, 0.15) is 6.10 Å². The van der Waals surface area contributed by atoms with E-state index in [0.29, 0.717) is 18.8 Å². The number of fused-ring (bicyclic) bond motifs is 1. The fourth-order valence-corrected chi connectivity index (χ4v) is 5.96. The molecule has 2 aliphatic carbocycles. The summed E-state index contributed by atoms with van der Waals surface area (Å²) >= 11 is 0. The van der Waals surface area contributed by atoms with Gasteiger partial charge in [-0.15, -0.1) is 0 Å². The Hall–Kier alpha value is -3.50. The first-order chi connectivity index (χ1) is 23.1. The Labute approximate surface area is 292 Å². The highest BCUT2D eigenvalue weighted by Gasteiger charge is 2.52. The summed E-state index contributed by atoms with van der Waals surface area (Å²) in [5.41, 5.74) is 5.60. The van der Waals surface area contributed by atoms with E-state index in [0.717, 1.165) is 16.7 Å². The van der Waals surface area contributed by atoms with Crippen molar-refractivity contribution < 1.29 is 42.9 Å². The highest BCUT2D eigenvalue weighted by atomic mass is 16.7. The van der Waals surface area contributed by atoms with Crippen LogP contribution in [0.15, 0.2) is 30.3 Å². The van der Waals surface area contributed by atoms with Gasteiger partial charge in [-0.05, 0) is 64.8 Å². The lowest BCUT2D eigenvalue weighted by Crippen LogP contribution is -2.64. The van der Waals surface area contributed by atoms with Crippen LogP contribution in [0.25, 0.3) is 11.1 Å². The van der Waals surface area contributed by atoms with Crippen molar-refractivity contribution in [1.82, 2.24) is 5.32 Å². The topological polar surface area (TPSA) is 126 Å². The van der Waals surface area contributed by atoms with Crippen LogP contribution < -0.4 is 5.32 Å². The third-order valence-corrected chi connectivity index (χ3v) is 8.48. The van der Waals surface area contributed by atoms with Crippen molar-refractivity contribution in [3.63, 3.8) is 0 Å². The summed E-state index contributed by atoms with van der Waals surface area (Å²) in [6.07, 6.45) is -4.85. The second-order valence-electron chi connectivity index (χ2n) is 14.7. The van der Waals surface area contributed by atoms with Crippen LogP contribution in [0.3, 0.4) is 0 Å². The van der Waals surface area contributed by atoms with Gasteiger partial charge < -0.3 is 29.0 Å². The van der Waals surface area contributed by atoms with Crippen molar-refractivity contribution in [2.24, 2.45) is 17.8 Å². The van der Waals surface area contributed by atoms with E-state index in [2.05, 4.69) is 56.4 Å². The molecule has 1 heterocycles. The second kappa shape index (κ2) is 18.5. The number of rotatable bonds is 16. The number of hydrogen-bond donors (Lipinski definition) is 1. The number of aryl methyl sites for hydroxylation is 2. The number of amides is 1. The highest BCUT2D eigenvalue weighted by molar-refractivity contribution is 5.77. The summed E-state index contributed by atoms with van der Waals surface area (Å²) < 4.78 is 29.8. The molecule has 0 spiro atoms. The average Bonchev–Trinajstić information content (AvgIpc) is 3.24. The normalized spacial score (nSPS) is 21.0. The molecule has 0 aromatic rings. The number of ether oxygens (including phenoxy) is 5. The number of hydrogen-bond acceptors (Lipinski definition) is 9. The van der Waals surface area contributed by atoms with Crippen LogP contribution in [-0.4, -0.2) is 68.2 Å². The molecule has 0 radical (unpaired) electrons. The molecule has 3 aliphatic rings. The summed E-state index contributed by atoms with van der Waals surface area (Å²) in [4.78, 5) is 52.4. The van der Waals surface area contributed by atoms with Gasteiger partial charge in [-0.1, -0.05) is 85.7 Å². The molecule has 5 atom stereocenters. The molecule has 0 unspecified atom stereocenters. The minimum absolute atomic E-state index is 0.00224. The van der Waals surface area contributed by atoms with E-state index in [1.54, 1.807) is 0 Å². The fraction of sp³-hybridized carbons (Fsp3) is 0.641. The molecule has 0 aromatic carbocycles. The SMILES string of the molecule is CO[C@H]1O[C@H](CNC(=O)CC(C)C)[C@@H](OC(=O)CC(C)C)[C@H](OC(=O)CC(C)C)[C@@H]1OC(=O)CCc1ccc(C(C)C)cc2c(C)ccc1-2. The van der Waals surface area contributed by atoms with Crippen molar-refractivity contribution >= 4 is 23.8 Å². The summed E-state index contributed by atoms with van der Waals surface area (Å²) in [5, 5.41) is 2.84. The standard InChI is InChI=1S/C39H57NO9/c1-22(2)17-32(41)40-21-31-36(48-34(43)18-23(3)4)37(49-35(44)19-24(5)6)38(39(45-10)46-31)47-33(42)16-14-27-12-13-28(25(7)8)20-30-26(9)11-15-29(27)30/h11-13,15,20,22-25,31,36-39H,14,16-19,21H2,1-10H3,(H,40,41)/t31-,36-,37+,38+,39+/m1/s1. The lowest BCUT2D eigenvalue weighted by atomic mass is 9.97. The van der Waals surface area contributed by atoms with Crippen LogP contribution in [0.1, 0.15) is 104 Å². The minimum atomic E-state index is -1.25. The largest absolute Gasteiger partial charge is 0.455 e. The first kappa shape index (κ1) is 39.9. The van der Waals surface area contributed by atoms with E-state index < -0.39 is 48.6 Å². The lowest BCUT2D eigenvalue weighted by molar-refractivity contribution is -0.297. The highest BCUT2D eigenvalue weighted by Crippen LogP contribution is 2.34. The van der Waals surface area contributed by atoms with E-state index >= 15 is 0 Å². The Kier molecular flexibility index (Phi) is 15.1. The van der Waals surface area contributed by atoms with Crippen LogP contribution in [-0.2, 0) is 49.3 Å². The van der Waals surface area contributed by atoms with Crippen LogP contribution in [0.5, 0.6) is 0 Å². The van der Waals surface area contributed by atoms with Crippen molar-refractivity contribution in [3.05, 3.63) is 47.0 Å². The Balaban J connectivity index is 1.91. The monoisotopic (exact) mass is 683 g/mol. The maximum atomic E-state index is 13.6. The molecule has 1 N–H and O–H groups in total. The van der Waals surface area contributed by atoms with E-state index in [9.17, 15) is 19.2 Å². The molecule has 1 amide bonds. The molecule has 0 saturated carbocycles. The number of esters is 3. The molecule has 1 aliphatic heterocycles. The van der Waals surface area contributed by atoms with Gasteiger partial charge in [-0.25, -0.2) is 0 Å². The minimum Gasteiger partial charge on any atom is -0.455 e. The van der Waals surface area contributed by atoms with Gasteiger partial charge in [-0.2, -0.15) is 0 Å². The number of carbonyl (C=O) groups excluding carboxylic acids is 4. The van der Waals surface area contributed by atoms with E-state index in [1.165, 1.54) is 18.2 Å². The molecule has 10 heteroatoms. The predicted octanol–water partition coefficient (Wildman–Crippen LogP) is 6.52. The van der Waals surface area contributed by atoms with Crippen LogP contribution >= 0.6 is 0 Å². The van der Waals surface area contributed by atoms with Crippen molar-refractivity contribution in [3.8, 4) is 11.1 Å². The van der Waals surface area contributed by atoms with Crippen molar-refractivity contribution in [1.29, 1.82) is 0 Å². The Morgan fingerprint density at radius 1 is 0.735 bits per heavy atom. The molecule has 3 rings (SSSR count). The first-order valence-corrected chi connectivity index (χ1v) is 17.6. The van der Waals surface area contributed by atoms with Crippen molar-refractivity contribution in [2.45, 2.75) is 131 Å². The van der Waals surface area contributed by atoms with E-state index in [4.69, 9.17) is 23.7 Å². The Morgan fingerprint density at radius 2 is 1.33 bits per heavy atom. The van der Waals surface area contributed by atoms with Gasteiger partial charge >= 0.3 is 17.9 Å².